The number of halogens is 1. The van der Waals surface area contributed by atoms with Crippen LogP contribution >= 0.6 is 22.9 Å². The van der Waals surface area contributed by atoms with E-state index in [2.05, 4.69) is 4.98 Å². The summed E-state index contributed by atoms with van der Waals surface area (Å²) in [6.45, 7) is 0.505. The van der Waals surface area contributed by atoms with Gasteiger partial charge in [-0.3, -0.25) is 9.78 Å². The van der Waals surface area contributed by atoms with E-state index in [1.54, 1.807) is 24.2 Å². The van der Waals surface area contributed by atoms with E-state index in [9.17, 15) is 4.79 Å². The molecule has 0 bridgehead atoms. The number of rotatable bonds is 3. The number of hydrogen-bond acceptors (Lipinski definition) is 4. The van der Waals surface area contributed by atoms with Gasteiger partial charge >= 0.3 is 0 Å². The summed E-state index contributed by atoms with van der Waals surface area (Å²) in [5, 5.41) is 0. The molecule has 0 unspecified atom stereocenters. The second-order valence-electron chi connectivity index (χ2n) is 3.83. The SMILES string of the molecule is CN(Cc1ccc(Cl)s1)C(=O)c1cnccc1N. The molecule has 0 saturated carbocycles. The highest BCUT2D eigenvalue weighted by Gasteiger charge is 2.15. The van der Waals surface area contributed by atoms with E-state index >= 15 is 0 Å². The number of amides is 1. The van der Waals surface area contributed by atoms with Crippen molar-refractivity contribution in [3.05, 3.63) is 45.4 Å². The zero-order valence-corrected chi connectivity index (χ0v) is 11.3. The van der Waals surface area contributed by atoms with Crippen LogP contribution in [0.25, 0.3) is 0 Å². The molecular formula is C12H12ClN3OS. The summed E-state index contributed by atoms with van der Waals surface area (Å²) in [4.78, 5) is 18.7. The molecule has 2 N–H and O–H groups in total. The molecule has 4 nitrogen and oxygen atoms in total. The van der Waals surface area contributed by atoms with Gasteiger partial charge in [0.15, 0.2) is 0 Å². The van der Waals surface area contributed by atoms with Crippen LogP contribution in [0.3, 0.4) is 0 Å². The molecule has 0 spiro atoms. The van der Waals surface area contributed by atoms with Crippen LogP contribution < -0.4 is 5.73 Å². The van der Waals surface area contributed by atoms with Crippen molar-refractivity contribution in [3.8, 4) is 0 Å². The molecule has 0 atom stereocenters. The van der Waals surface area contributed by atoms with E-state index in [0.717, 1.165) is 4.88 Å². The third-order valence-corrected chi connectivity index (χ3v) is 3.67. The molecule has 2 heterocycles. The van der Waals surface area contributed by atoms with Gasteiger partial charge in [0.25, 0.3) is 5.91 Å². The molecular weight excluding hydrogens is 270 g/mol. The number of pyridine rings is 1. The van der Waals surface area contributed by atoms with Crippen LogP contribution in [0.4, 0.5) is 5.69 Å². The Morgan fingerprint density at radius 1 is 1.50 bits per heavy atom. The third kappa shape index (κ3) is 2.80. The number of nitrogen functional groups attached to an aromatic ring is 1. The fourth-order valence-corrected chi connectivity index (χ4v) is 2.67. The number of anilines is 1. The molecule has 0 fully saturated rings. The highest BCUT2D eigenvalue weighted by molar-refractivity contribution is 7.16. The summed E-state index contributed by atoms with van der Waals surface area (Å²) in [6.07, 6.45) is 3.04. The second-order valence-corrected chi connectivity index (χ2v) is 5.63. The fraction of sp³-hybridized carbons (Fsp3) is 0.167. The maximum Gasteiger partial charge on any atom is 0.257 e. The zero-order valence-electron chi connectivity index (χ0n) is 9.76. The maximum absolute atomic E-state index is 12.2. The van der Waals surface area contributed by atoms with Gasteiger partial charge in [-0.15, -0.1) is 11.3 Å². The van der Waals surface area contributed by atoms with Gasteiger partial charge < -0.3 is 10.6 Å². The Kier molecular flexibility index (Phi) is 3.84. The first-order valence-electron chi connectivity index (χ1n) is 5.27. The number of carbonyl (C=O) groups excluding carboxylic acids is 1. The molecule has 0 radical (unpaired) electrons. The largest absolute Gasteiger partial charge is 0.398 e. The average Bonchev–Trinajstić information content (AvgIpc) is 2.74. The summed E-state index contributed by atoms with van der Waals surface area (Å²) < 4.78 is 0.715. The van der Waals surface area contributed by atoms with E-state index in [1.165, 1.54) is 17.5 Å². The van der Waals surface area contributed by atoms with Crippen molar-refractivity contribution in [2.45, 2.75) is 6.54 Å². The minimum absolute atomic E-state index is 0.148. The standard InChI is InChI=1S/C12H12ClN3OS/c1-16(7-8-2-3-11(13)18-8)12(17)9-6-15-5-4-10(9)14/h2-6H,7H2,1H3,(H2,14,15). The Morgan fingerprint density at radius 3 is 2.89 bits per heavy atom. The monoisotopic (exact) mass is 281 g/mol. The van der Waals surface area contributed by atoms with Crippen LogP contribution in [-0.4, -0.2) is 22.8 Å². The molecule has 2 aromatic rings. The molecule has 0 aliphatic rings. The van der Waals surface area contributed by atoms with Crippen molar-refractivity contribution in [3.63, 3.8) is 0 Å². The number of carbonyl (C=O) groups is 1. The normalized spacial score (nSPS) is 10.3. The zero-order chi connectivity index (χ0) is 13.1. The summed E-state index contributed by atoms with van der Waals surface area (Å²) in [5.41, 5.74) is 6.61. The molecule has 6 heteroatoms. The molecule has 2 rings (SSSR count). The van der Waals surface area contributed by atoms with Gasteiger partial charge in [-0.05, 0) is 18.2 Å². The third-order valence-electron chi connectivity index (χ3n) is 2.45. The lowest BCUT2D eigenvalue weighted by atomic mass is 10.2. The minimum atomic E-state index is -0.148. The minimum Gasteiger partial charge on any atom is -0.398 e. The maximum atomic E-state index is 12.2. The summed E-state index contributed by atoms with van der Waals surface area (Å²) >= 11 is 7.31. The van der Waals surface area contributed by atoms with Gasteiger partial charge in [0.05, 0.1) is 16.4 Å². The van der Waals surface area contributed by atoms with Crippen LogP contribution in [0.5, 0.6) is 0 Å². The van der Waals surface area contributed by atoms with E-state index in [1.807, 2.05) is 12.1 Å². The lowest BCUT2D eigenvalue weighted by Gasteiger charge is -2.16. The lowest BCUT2D eigenvalue weighted by molar-refractivity contribution is 0.0787. The van der Waals surface area contributed by atoms with Crippen LogP contribution in [-0.2, 0) is 6.54 Å². The first-order valence-corrected chi connectivity index (χ1v) is 6.46. The molecule has 0 saturated heterocycles. The van der Waals surface area contributed by atoms with Crippen molar-refractivity contribution in [2.75, 3.05) is 12.8 Å². The topological polar surface area (TPSA) is 59.2 Å². The Labute approximate surface area is 114 Å². The van der Waals surface area contributed by atoms with Crippen molar-refractivity contribution in [2.24, 2.45) is 0 Å². The molecule has 1 amide bonds. The number of hydrogen-bond donors (Lipinski definition) is 1. The van der Waals surface area contributed by atoms with E-state index in [-0.39, 0.29) is 5.91 Å². The highest BCUT2D eigenvalue weighted by atomic mass is 35.5. The van der Waals surface area contributed by atoms with Crippen LogP contribution in [0.2, 0.25) is 4.34 Å². The number of aromatic nitrogens is 1. The Bertz CT molecular complexity index is 570. The fourth-order valence-electron chi connectivity index (χ4n) is 1.53. The van der Waals surface area contributed by atoms with Crippen LogP contribution in [0, 0.1) is 0 Å². The van der Waals surface area contributed by atoms with Crippen molar-refractivity contribution in [1.82, 2.24) is 9.88 Å². The molecule has 94 valence electrons. The first kappa shape index (κ1) is 12.9. The first-order chi connectivity index (χ1) is 8.58. The Morgan fingerprint density at radius 2 is 2.28 bits per heavy atom. The summed E-state index contributed by atoms with van der Waals surface area (Å²) in [5.74, 6) is -0.148. The van der Waals surface area contributed by atoms with Gasteiger partial charge in [-0.2, -0.15) is 0 Å². The smallest absolute Gasteiger partial charge is 0.257 e. The lowest BCUT2D eigenvalue weighted by Crippen LogP contribution is -2.26. The Hall–Kier alpha value is -1.59. The average molecular weight is 282 g/mol. The number of nitrogens with zero attached hydrogens (tertiary/aromatic N) is 2. The van der Waals surface area contributed by atoms with Gasteiger partial charge in [0.2, 0.25) is 0 Å². The quantitative estimate of drug-likeness (QED) is 0.941. The van der Waals surface area contributed by atoms with E-state index in [0.29, 0.717) is 22.1 Å². The molecule has 0 aliphatic carbocycles. The molecule has 0 aromatic carbocycles. The van der Waals surface area contributed by atoms with Crippen LogP contribution in [0.1, 0.15) is 15.2 Å². The van der Waals surface area contributed by atoms with Gasteiger partial charge in [0, 0.05) is 30.0 Å². The van der Waals surface area contributed by atoms with E-state index in [4.69, 9.17) is 17.3 Å². The molecule has 18 heavy (non-hydrogen) atoms. The Balaban J connectivity index is 2.12. The molecule has 2 aromatic heterocycles. The van der Waals surface area contributed by atoms with Gasteiger partial charge in [0.1, 0.15) is 0 Å². The van der Waals surface area contributed by atoms with Crippen molar-refractivity contribution in [1.29, 1.82) is 0 Å². The highest BCUT2D eigenvalue weighted by Crippen LogP contribution is 2.23. The predicted octanol–water partition coefficient (Wildman–Crippen LogP) is 2.65. The van der Waals surface area contributed by atoms with E-state index < -0.39 is 0 Å². The molecule has 0 aliphatic heterocycles. The summed E-state index contributed by atoms with van der Waals surface area (Å²) in [7, 11) is 1.72. The van der Waals surface area contributed by atoms with Crippen molar-refractivity contribution >= 4 is 34.5 Å². The van der Waals surface area contributed by atoms with Crippen molar-refractivity contribution < 1.29 is 4.79 Å². The number of nitrogens with two attached hydrogens (primary N) is 1. The second kappa shape index (κ2) is 5.37. The predicted molar refractivity (Wildman–Crippen MR) is 73.8 cm³/mol. The van der Waals surface area contributed by atoms with Crippen LogP contribution in [0.15, 0.2) is 30.6 Å². The van der Waals surface area contributed by atoms with Gasteiger partial charge in [-0.1, -0.05) is 11.6 Å². The summed E-state index contributed by atoms with van der Waals surface area (Å²) in [6, 6.07) is 5.34. The van der Waals surface area contributed by atoms with Gasteiger partial charge in [-0.25, -0.2) is 0 Å². The number of thiophene rings is 1.